The normalized spacial score (nSPS) is 9.57. The van der Waals surface area contributed by atoms with Crippen molar-refractivity contribution in [2.45, 2.75) is 47.5 Å². The van der Waals surface area contributed by atoms with E-state index in [4.69, 9.17) is 0 Å². The molecule has 0 spiro atoms. The van der Waals surface area contributed by atoms with Gasteiger partial charge in [0.05, 0.1) is 0 Å². The number of unbranched alkanes of at least 4 members (excludes halogenated alkanes) is 1. The van der Waals surface area contributed by atoms with Crippen LogP contribution >= 0.6 is 0 Å². The first kappa shape index (κ1) is 15.7. The Morgan fingerprint density at radius 3 is 2.07 bits per heavy atom. The largest absolute Gasteiger partial charge is 0.0991 e. The summed E-state index contributed by atoms with van der Waals surface area (Å²) in [4.78, 5) is 0. The van der Waals surface area contributed by atoms with Crippen LogP contribution in [0.15, 0.2) is 36.5 Å². The van der Waals surface area contributed by atoms with Crippen molar-refractivity contribution < 1.29 is 0 Å². The molecule has 0 amide bonds. The zero-order valence-corrected chi connectivity index (χ0v) is 10.5. The smallest absolute Gasteiger partial charge is 0.0290 e. The molecule has 0 unspecified atom stereocenters. The maximum absolute atomic E-state index is 3.52. The van der Waals surface area contributed by atoms with Crippen molar-refractivity contribution in [3.8, 4) is 0 Å². The molecule has 0 fully saturated rings. The Balaban J connectivity index is 0. The summed E-state index contributed by atoms with van der Waals surface area (Å²) in [6.45, 7) is 14.2. The highest BCUT2D eigenvalue weighted by molar-refractivity contribution is 5.04. The van der Waals surface area contributed by atoms with E-state index in [1.807, 2.05) is 19.9 Å². The highest BCUT2D eigenvalue weighted by Crippen LogP contribution is 1.96. The molecule has 0 aliphatic rings. The minimum Gasteiger partial charge on any atom is -0.0991 e. The second-order valence-electron chi connectivity index (χ2n) is 3.94. The maximum Gasteiger partial charge on any atom is -0.0290 e. The molecule has 0 N–H and O–H groups in total. The highest BCUT2D eigenvalue weighted by atomic mass is 13.9. The quantitative estimate of drug-likeness (QED) is 0.429. The van der Waals surface area contributed by atoms with E-state index < -0.39 is 0 Å². The first-order valence-electron chi connectivity index (χ1n) is 5.47. The van der Waals surface area contributed by atoms with Gasteiger partial charge in [0, 0.05) is 0 Å². The van der Waals surface area contributed by atoms with Crippen molar-refractivity contribution in [3.63, 3.8) is 0 Å². The van der Waals surface area contributed by atoms with E-state index in [2.05, 4.69) is 39.5 Å². The van der Waals surface area contributed by atoms with Crippen molar-refractivity contribution in [2.75, 3.05) is 0 Å². The van der Waals surface area contributed by atoms with Gasteiger partial charge in [-0.25, -0.2) is 0 Å². The zero-order chi connectivity index (χ0) is 11.4. The monoisotopic (exact) mass is 194 g/mol. The Hall–Kier alpha value is -0.780. The van der Waals surface area contributed by atoms with Crippen molar-refractivity contribution in [1.29, 1.82) is 0 Å². The van der Waals surface area contributed by atoms with Crippen molar-refractivity contribution >= 4 is 0 Å². The van der Waals surface area contributed by atoms with Gasteiger partial charge in [0.25, 0.3) is 0 Å². The van der Waals surface area contributed by atoms with Crippen LogP contribution in [0.1, 0.15) is 47.5 Å². The molecule has 14 heavy (non-hydrogen) atoms. The lowest BCUT2D eigenvalue weighted by Gasteiger charge is -1.90. The molecule has 0 saturated carbocycles. The predicted octanol–water partition coefficient (Wildman–Crippen LogP) is 5.14. The topological polar surface area (TPSA) is 0 Å². The average Bonchev–Trinajstić information content (AvgIpc) is 2.05. The minimum atomic E-state index is 0.724. The van der Waals surface area contributed by atoms with Gasteiger partial charge in [-0.05, 0) is 26.2 Å². The maximum atomic E-state index is 3.52. The highest BCUT2D eigenvalue weighted by Gasteiger charge is 1.80. The van der Waals surface area contributed by atoms with Gasteiger partial charge in [-0.1, -0.05) is 63.6 Å². The van der Waals surface area contributed by atoms with Crippen LogP contribution in [0.25, 0.3) is 0 Å². The van der Waals surface area contributed by atoms with Crippen LogP contribution in [0.5, 0.6) is 0 Å². The number of hydrogen-bond donors (Lipinski definition) is 0. The van der Waals surface area contributed by atoms with E-state index in [0.29, 0.717) is 0 Å². The second-order valence-corrected chi connectivity index (χ2v) is 3.94. The summed E-state index contributed by atoms with van der Waals surface area (Å²) in [5.41, 5.74) is 1.30. The van der Waals surface area contributed by atoms with Crippen LogP contribution in [0.2, 0.25) is 0 Å². The first-order chi connectivity index (χ1) is 6.54. The number of allylic oxidation sites excluding steroid dienone is 5. The SMILES string of the molecule is C=CC=C(C)C.CCC/C=C\C(C)C. The van der Waals surface area contributed by atoms with E-state index in [1.165, 1.54) is 18.4 Å². The van der Waals surface area contributed by atoms with Crippen molar-refractivity contribution in [1.82, 2.24) is 0 Å². The van der Waals surface area contributed by atoms with Crippen LogP contribution in [0.3, 0.4) is 0 Å². The van der Waals surface area contributed by atoms with Gasteiger partial charge in [-0.15, -0.1) is 0 Å². The Morgan fingerprint density at radius 1 is 1.29 bits per heavy atom. The molecule has 0 aromatic heterocycles. The molecule has 0 heteroatoms. The fraction of sp³-hybridized carbons (Fsp3) is 0.571. The minimum absolute atomic E-state index is 0.724. The third kappa shape index (κ3) is 22.5. The Bertz CT molecular complexity index is 166. The van der Waals surface area contributed by atoms with Crippen LogP contribution in [0, 0.1) is 5.92 Å². The molecular weight excluding hydrogens is 168 g/mol. The predicted molar refractivity (Wildman–Crippen MR) is 68.5 cm³/mol. The average molecular weight is 194 g/mol. The van der Waals surface area contributed by atoms with Crippen LogP contribution in [-0.4, -0.2) is 0 Å². The van der Waals surface area contributed by atoms with Crippen molar-refractivity contribution in [2.24, 2.45) is 5.92 Å². The summed E-state index contributed by atoms with van der Waals surface area (Å²) in [7, 11) is 0. The standard InChI is InChI=1S/C8H16.C6H10/c1-4-5-6-7-8(2)3;1-4-5-6(2)3/h6-8H,4-5H2,1-3H3;4-5H,1H2,2-3H3/b7-6-;. The lowest BCUT2D eigenvalue weighted by Crippen LogP contribution is -1.75. The van der Waals surface area contributed by atoms with Gasteiger partial charge in [0.1, 0.15) is 0 Å². The van der Waals surface area contributed by atoms with E-state index in [0.717, 1.165) is 5.92 Å². The van der Waals surface area contributed by atoms with E-state index in [-0.39, 0.29) is 0 Å². The summed E-state index contributed by atoms with van der Waals surface area (Å²) in [5.74, 6) is 0.724. The molecule has 0 saturated heterocycles. The van der Waals surface area contributed by atoms with Gasteiger partial charge in [-0.2, -0.15) is 0 Å². The van der Waals surface area contributed by atoms with Gasteiger partial charge < -0.3 is 0 Å². The summed E-state index contributed by atoms with van der Waals surface area (Å²) in [6, 6.07) is 0. The third-order valence-electron chi connectivity index (χ3n) is 1.43. The zero-order valence-electron chi connectivity index (χ0n) is 10.5. The molecule has 0 heterocycles. The van der Waals surface area contributed by atoms with Gasteiger partial charge >= 0.3 is 0 Å². The Labute approximate surface area is 90.4 Å². The number of hydrogen-bond acceptors (Lipinski definition) is 0. The third-order valence-corrected chi connectivity index (χ3v) is 1.43. The molecule has 0 atom stereocenters. The molecule has 82 valence electrons. The number of rotatable bonds is 4. The van der Waals surface area contributed by atoms with Crippen LogP contribution in [0.4, 0.5) is 0 Å². The lowest BCUT2D eigenvalue weighted by molar-refractivity contribution is 0.819. The van der Waals surface area contributed by atoms with Gasteiger partial charge in [0.2, 0.25) is 0 Å². The molecule has 0 aliphatic carbocycles. The molecule has 0 bridgehead atoms. The summed E-state index contributed by atoms with van der Waals surface area (Å²) in [6.07, 6.45) is 10.8. The fourth-order valence-electron chi connectivity index (χ4n) is 0.771. The lowest BCUT2D eigenvalue weighted by atomic mass is 10.2. The van der Waals surface area contributed by atoms with Gasteiger partial charge in [-0.3, -0.25) is 0 Å². The van der Waals surface area contributed by atoms with Gasteiger partial charge in [0.15, 0.2) is 0 Å². The summed E-state index contributed by atoms with van der Waals surface area (Å²) in [5, 5.41) is 0. The van der Waals surface area contributed by atoms with Crippen LogP contribution < -0.4 is 0 Å². The van der Waals surface area contributed by atoms with Crippen LogP contribution in [-0.2, 0) is 0 Å². The fourth-order valence-corrected chi connectivity index (χ4v) is 0.771. The molecule has 0 aromatic carbocycles. The first-order valence-corrected chi connectivity index (χ1v) is 5.47. The Kier molecular flexibility index (Phi) is 13.7. The second kappa shape index (κ2) is 12.2. The molecule has 0 aliphatic heterocycles. The molecule has 0 aromatic rings. The van der Waals surface area contributed by atoms with Crippen molar-refractivity contribution in [3.05, 3.63) is 36.5 Å². The summed E-state index contributed by atoms with van der Waals surface area (Å²) < 4.78 is 0. The molecule has 0 rings (SSSR count). The molecule has 0 radical (unpaired) electrons. The molecular formula is C14H26. The Morgan fingerprint density at radius 2 is 1.86 bits per heavy atom. The molecule has 0 nitrogen and oxygen atoms in total. The summed E-state index contributed by atoms with van der Waals surface area (Å²) >= 11 is 0. The van der Waals surface area contributed by atoms with E-state index >= 15 is 0 Å². The van der Waals surface area contributed by atoms with E-state index in [1.54, 1.807) is 6.08 Å². The van der Waals surface area contributed by atoms with E-state index in [9.17, 15) is 0 Å².